The molecule has 0 aromatic carbocycles. The van der Waals surface area contributed by atoms with Crippen molar-refractivity contribution < 1.29 is 9.84 Å². The molecule has 0 amide bonds. The molecule has 1 N–H and O–H groups in total. The summed E-state index contributed by atoms with van der Waals surface area (Å²) in [6, 6.07) is 0. The van der Waals surface area contributed by atoms with Crippen LogP contribution in [0, 0.1) is 0 Å². The molecule has 0 radical (unpaired) electrons. The summed E-state index contributed by atoms with van der Waals surface area (Å²) in [5.41, 5.74) is 0. The number of aliphatic hydroxyl groups excluding tert-OH is 1. The normalized spacial score (nSPS) is 15.3. The monoisotopic (exact) mass is 186 g/mol. The number of rotatable bonds is 4. The van der Waals surface area contributed by atoms with Crippen molar-refractivity contribution in [2.45, 2.75) is 30.9 Å². The second-order valence-corrected chi connectivity index (χ2v) is 4.15. The van der Waals surface area contributed by atoms with E-state index in [1.54, 1.807) is 13.8 Å². The molecule has 2 nitrogen and oxygen atoms in total. The first-order valence-corrected chi connectivity index (χ1v) is 3.85. The molecule has 0 aromatic rings. The Hall–Kier alpha value is 0.500. The lowest BCUT2D eigenvalue weighted by molar-refractivity contribution is -0.0859. The maximum Gasteiger partial charge on any atom is 0.151 e. The number of halogens is 2. The maximum atomic E-state index is 8.64. The summed E-state index contributed by atoms with van der Waals surface area (Å²) < 4.78 is 4.05. The molecule has 0 bridgehead atoms. The summed E-state index contributed by atoms with van der Waals surface area (Å²) in [6.07, 6.45) is -0.225. The van der Waals surface area contributed by atoms with Gasteiger partial charge in [-0.3, -0.25) is 0 Å². The van der Waals surface area contributed by atoms with Crippen LogP contribution in [0.25, 0.3) is 0 Å². The van der Waals surface area contributed by atoms with E-state index < -0.39 is 10.6 Å². The first-order valence-electron chi connectivity index (χ1n) is 3.09. The number of alkyl halides is 2. The summed E-state index contributed by atoms with van der Waals surface area (Å²) >= 11 is 11.2. The highest BCUT2D eigenvalue weighted by molar-refractivity contribution is 6.48. The summed E-state index contributed by atoms with van der Waals surface area (Å²) in [5, 5.41) is 8.64. The molecule has 0 heterocycles. The van der Waals surface area contributed by atoms with E-state index in [4.69, 9.17) is 33.0 Å². The van der Waals surface area contributed by atoms with Gasteiger partial charge in [0, 0.05) is 6.42 Å². The third-order valence-corrected chi connectivity index (χ3v) is 1.28. The van der Waals surface area contributed by atoms with E-state index in [-0.39, 0.29) is 0 Å². The van der Waals surface area contributed by atoms with Crippen molar-refractivity contribution in [3.05, 3.63) is 0 Å². The molecule has 62 valence electrons. The quantitative estimate of drug-likeness (QED) is 0.538. The van der Waals surface area contributed by atoms with Crippen molar-refractivity contribution in [1.82, 2.24) is 0 Å². The molecule has 0 saturated carbocycles. The number of hydrogen-bond donors (Lipinski definition) is 1. The second kappa shape index (κ2) is 4.39. The third-order valence-electron chi connectivity index (χ3n) is 0.900. The summed E-state index contributed by atoms with van der Waals surface area (Å²) in [4.78, 5) is 0. The first kappa shape index (κ1) is 10.5. The van der Waals surface area contributed by atoms with Gasteiger partial charge in [0.1, 0.15) is 4.33 Å². The van der Waals surface area contributed by atoms with Crippen LogP contribution < -0.4 is 0 Å². The lowest BCUT2D eigenvalue weighted by atomic mass is 10.3. The highest BCUT2D eigenvalue weighted by atomic mass is 35.5. The van der Waals surface area contributed by atoms with Crippen LogP contribution in [-0.4, -0.2) is 22.3 Å². The predicted molar refractivity (Wildman–Crippen MR) is 42.4 cm³/mol. The molecule has 0 aliphatic rings. The van der Waals surface area contributed by atoms with Gasteiger partial charge in [0.2, 0.25) is 0 Å². The van der Waals surface area contributed by atoms with Crippen LogP contribution in [0.15, 0.2) is 0 Å². The molecule has 10 heavy (non-hydrogen) atoms. The molecule has 0 spiro atoms. The molecule has 0 aliphatic heterocycles. The Morgan fingerprint density at radius 3 is 2.40 bits per heavy atom. The van der Waals surface area contributed by atoms with Gasteiger partial charge in [0.15, 0.2) is 6.29 Å². The van der Waals surface area contributed by atoms with Gasteiger partial charge in [-0.25, -0.2) is 0 Å². The lowest BCUT2D eigenvalue weighted by Crippen LogP contribution is -2.14. The van der Waals surface area contributed by atoms with E-state index in [1.165, 1.54) is 0 Å². The Kier molecular flexibility index (Phi) is 4.61. The molecular weight excluding hydrogens is 175 g/mol. The van der Waals surface area contributed by atoms with Crippen LogP contribution in [-0.2, 0) is 4.74 Å². The Morgan fingerprint density at radius 2 is 2.10 bits per heavy atom. The molecule has 0 fully saturated rings. The van der Waals surface area contributed by atoms with Crippen molar-refractivity contribution >= 4 is 23.2 Å². The Morgan fingerprint density at radius 1 is 1.60 bits per heavy atom. The van der Waals surface area contributed by atoms with Gasteiger partial charge in [-0.05, 0) is 13.8 Å². The van der Waals surface area contributed by atoms with Gasteiger partial charge in [0.05, 0.1) is 6.61 Å². The average molecular weight is 187 g/mol. The van der Waals surface area contributed by atoms with Gasteiger partial charge in [0.25, 0.3) is 0 Å². The minimum Gasteiger partial charge on any atom is -0.368 e. The standard InChI is InChI=1S/C6H12Cl2O2/c1-5(9)10-4-3-6(2,7)8/h5,9H,3-4H2,1-2H3. The van der Waals surface area contributed by atoms with E-state index in [0.29, 0.717) is 13.0 Å². The van der Waals surface area contributed by atoms with Crippen molar-refractivity contribution in [2.24, 2.45) is 0 Å². The first-order chi connectivity index (χ1) is 4.42. The third kappa shape index (κ3) is 8.50. The molecule has 4 heteroatoms. The molecule has 0 aliphatic carbocycles. The minimum atomic E-state index is -0.755. The Labute approximate surface area is 71.1 Å². The number of ether oxygens (including phenoxy) is 1. The maximum absolute atomic E-state index is 8.64. The van der Waals surface area contributed by atoms with Crippen molar-refractivity contribution in [3.8, 4) is 0 Å². The fourth-order valence-electron chi connectivity index (χ4n) is 0.409. The van der Waals surface area contributed by atoms with Gasteiger partial charge in [-0.1, -0.05) is 0 Å². The van der Waals surface area contributed by atoms with Crippen molar-refractivity contribution in [3.63, 3.8) is 0 Å². The SMILES string of the molecule is CC(O)OCCC(C)(Cl)Cl. The average Bonchev–Trinajstić information content (AvgIpc) is 1.59. The molecule has 0 saturated heterocycles. The smallest absolute Gasteiger partial charge is 0.151 e. The van der Waals surface area contributed by atoms with E-state index in [2.05, 4.69) is 0 Å². The second-order valence-electron chi connectivity index (χ2n) is 2.29. The van der Waals surface area contributed by atoms with Gasteiger partial charge >= 0.3 is 0 Å². The van der Waals surface area contributed by atoms with E-state index in [1.807, 2.05) is 0 Å². The van der Waals surface area contributed by atoms with E-state index in [0.717, 1.165) is 0 Å². The molecule has 1 unspecified atom stereocenters. The largest absolute Gasteiger partial charge is 0.368 e. The minimum absolute atomic E-state index is 0.376. The van der Waals surface area contributed by atoms with Gasteiger partial charge in [-0.2, -0.15) is 0 Å². The van der Waals surface area contributed by atoms with E-state index >= 15 is 0 Å². The topological polar surface area (TPSA) is 29.5 Å². The van der Waals surface area contributed by atoms with Crippen LogP contribution in [0.5, 0.6) is 0 Å². The molecule has 0 aromatic heterocycles. The number of hydrogen-bond acceptors (Lipinski definition) is 2. The van der Waals surface area contributed by atoms with Crippen molar-refractivity contribution in [1.29, 1.82) is 0 Å². The fraction of sp³-hybridized carbons (Fsp3) is 1.00. The van der Waals surface area contributed by atoms with Crippen LogP contribution >= 0.6 is 23.2 Å². The van der Waals surface area contributed by atoms with Crippen LogP contribution in [0.4, 0.5) is 0 Å². The zero-order valence-electron chi connectivity index (χ0n) is 6.10. The van der Waals surface area contributed by atoms with Gasteiger partial charge < -0.3 is 9.84 Å². The fourth-order valence-corrected chi connectivity index (χ4v) is 0.563. The number of aliphatic hydroxyl groups is 1. The molecule has 0 rings (SSSR count). The predicted octanol–water partition coefficient (Wildman–Crippen LogP) is 1.93. The van der Waals surface area contributed by atoms with Crippen LogP contribution in [0.3, 0.4) is 0 Å². The van der Waals surface area contributed by atoms with E-state index in [9.17, 15) is 0 Å². The highest BCUT2D eigenvalue weighted by Gasteiger charge is 2.15. The van der Waals surface area contributed by atoms with Crippen molar-refractivity contribution in [2.75, 3.05) is 6.61 Å². The summed E-state index contributed by atoms with van der Waals surface area (Å²) in [6.45, 7) is 3.60. The molecule has 1 atom stereocenters. The Bertz CT molecular complexity index is 88.2. The lowest BCUT2D eigenvalue weighted by Gasteiger charge is -2.13. The van der Waals surface area contributed by atoms with Gasteiger partial charge in [-0.15, -0.1) is 23.2 Å². The summed E-state index contributed by atoms with van der Waals surface area (Å²) in [7, 11) is 0. The van der Waals surface area contributed by atoms with Crippen LogP contribution in [0.1, 0.15) is 20.3 Å². The Balaban J connectivity index is 3.21. The molecular formula is C6H12Cl2O2. The summed E-state index contributed by atoms with van der Waals surface area (Å²) in [5.74, 6) is 0. The zero-order valence-corrected chi connectivity index (χ0v) is 7.61. The highest BCUT2D eigenvalue weighted by Crippen LogP contribution is 2.23. The van der Waals surface area contributed by atoms with Crippen LogP contribution in [0.2, 0.25) is 0 Å². The zero-order chi connectivity index (χ0) is 8.20.